The highest BCUT2D eigenvalue weighted by molar-refractivity contribution is 5.80. The van der Waals surface area contributed by atoms with Crippen molar-refractivity contribution in [1.29, 1.82) is 0 Å². The molecule has 0 heterocycles. The Balaban J connectivity index is 2.10. The molecule has 1 unspecified atom stereocenters. The molecule has 26 heavy (non-hydrogen) atoms. The van der Waals surface area contributed by atoms with E-state index in [4.69, 9.17) is 0 Å². The molecule has 0 saturated carbocycles. The highest BCUT2D eigenvalue weighted by atomic mass is 16.3. The normalized spacial score (nSPS) is 24.2. The molecule has 3 rings (SSSR count). The third-order valence-electron chi connectivity index (χ3n) is 6.54. The number of benzene rings is 2. The second kappa shape index (κ2) is 6.39. The monoisotopic (exact) mass is 348 g/mol. The van der Waals surface area contributed by atoms with Crippen LogP contribution in [0.4, 0.5) is 0 Å². The Morgan fingerprint density at radius 3 is 2.27 bits per heavy atom. The maximum atomic E-state index is 11.4. The maximum absolute atomic E-state index is 11.4. The first-order chi connectivity index (χ1) is 12.1. The van der Waals surface area contributed by atoms with Crippen LogP contribution in [0.1, 0.15) is 76.6 Å². The van der Waals surface area contributed by atoms with Gasteiger partial charge in [-0.25, -0.2) is 0 Å². The number of rotatable bonds is 3. The molecular formula is C25H32O. The summed E-state index contributed by atoms with van der Waals surface area (Å²) in [6.07, 6.45) is 3.81. The smallest absolute Gasteiger partial charge is 0.0744 e. The van der Waals surface area contributed by atoms with Gasteiger partial charge in [0.25, 0.3) is 0 Å². The van der Waals surface area contributed by atoms with Gasteiger partial charge in [0.2, 0.25) is 0 Å². The summed E-state index contributed by atoms with van der Waals surface area (Å²) in [5.74, 6) is 0. The summed E-state index contributed by atoms with van der Waals surface area (Å²) in [4.78, 5) is 0. The molecule has 0 bridgehead atoms. The average molecular weight is 349 g/mol. The first-order valence-electron chi connectivity index (χ1n) is 9.72. The number of hydrogen-bond donors (Lipinski definition) is 1. The van der Waals surface area contributed by atoms with Gasteiger partial charge in [0.1, 0.15) is 0 Å². The fourth-order valence-corrected chi connectivity index (χ4v) is 4.64. The first-order valence-corrected chi connectivity index (χ1v) is 9.72. The van der Waals surface area contributed by atoms with E-state index in [2.05, 4.69) is 90.1 Å². The molecule has 0 amide bonds. The lowest BCUT2D eigenvalue weighted by molar-refractivity contribution is -0.0613. The molecule has 0 spiro atoms. The van der Waals surface area contributed by atoms with E-state index < -0.39 is 5.60 Å². The molecule has 0 fully saturated rings. The molecule has 1 aliphatic rings. The number of aliphatic hydroxyl groups is 1. The van der Waals surface area contributed by atoms with Crippen LogP contribution in [0.5, 0.6) is 0 Å². The van der Waals surface area contributed by atoms with Crippen molar-refractivity contribution < 1.29 is 5.11 Å². The Hall–Kier alpha value is -1.86. The predicted molar refractivity (Wildman–Crippen MR) is 112 cm³/mol. The topological polar surface area (TPSA) is 20.2 Å². The standard InChI is InChI=1S/C25H32O/c1-7-25(26)17-23(3,4)22-16-20(13-14-21(22)24(25,5)6)18(2)15-19-11-9-8-10-12-19/h8-16,26H,7,17H2,1-6H3. The van der Waals surface area contributed by atoms with E-state index in [0.717, 1.165) is 12.8 Å². The van der Waals surface area contributed by atoms with Crippen molar-refractivity contribution in [3.63, 3.8) is 0 Å². The minimum Gasteiger partial charge on any atom is -0.389 e. The fourth-order valence-electron chi connectivity index (χ4n) is 4.64. The van der Waals surface area contributed by atoms with E-state index in [1.807, 2.05) is 6.07 Å². The van der Waals surface area contributed by atoms with E-state index in [9.17, 15) is 5.11 Å². The zero-order chi connectivity index (χ0) is 19.2. The maximum Gasteiger partial charge on any atom is 0.0744 e. The molecule has 0 aliphatic heterocycles. The molecule has 0 aromatic heterocycles. The minimum absolute atomic E-state index is 0.0430. The number of allylic oxidation sites excluding steroid dienone is 1. The zero-order valence-electron chi connectivity index (χ0n) is 17.1. The van der Waals surface area contributed by atoms with Crippen LogP contribution in [0.25, 0.3) is 11.6 Å². The largest absolute Gasteiger partial charge is 0.389 e. The van der Waals surface area contributed by atoms with Crippen LogP contribution in [0.3, 0.4) is 0 Å². The van der Waals surface area contributed by atoms with E-state index in [1.165, 1.54) is 27.8 Å². The van der Waals surface area contributed by atoms with Crippen LogP contribution in [-0.4, -0.2) is 10.7 Å². The lowest BCUT2D eigenvalue weighted by Crippen LogP contribution is -2.55. The van der Waals surface area contributed by atoms with Crippen LogP contribution in [0.2, 0.25) is 0 Å². The molecule has 2 aromatic rings. The summed E-state index contributed by atoms with van der Waals surface area (Å²) < 4.78 is 0. The number of hydrogen-bond acceptors (Lipinski definition) is 1. The highest BCUT2D eigenvalue weighted by Gasteiger charge is 2.52. The Morgan fingerprint density at radius 2 is 1.65 bits per heavy atom. The summed E-state index contributed by atoms with van der Waals surface area (Å²) in [6, 6.07) is 17.3. The van der Waals surface area contributed by atoms with Gasteiger partial charge in [-0.3, -0.25) is 0 Å². The van der Waals surface area contributed by atoms with Gasteiger partial charge in [0, 0.05) is 5.41 Å². The van der Waals surface area contributed by atoms with Gasteiger partial charge in [-0.15, -0.1) is 0 Å². The van der Waals surface area contributed by atoms with Crippen molar-refractivity contribution in [3.05, 3.63) is 70.8 Å². The molecule has 1 N–H and O–H groups in total. The summed E-state index contributed by atoms with van der Waals surface area (Å²) in [6.45, 7) is 13.2. The summed E-state index contributed by atoms with van der Waals surface area (Å²) >= 11 is 0. The van der Waals surface area contributed by atoms with Crippen LogP contribution >= 0.6 is 0 Å². The van der Waals surface area contributed by atoms with Crippen molar-refractivity contribution in [2.45, 2.75) is 70.8 Å². The third-order valence-corrected chi connectivity index (χ3v) is 6.54. The first kappa shape index (κ1) is 18.9. The molecule has 2 aromatic carbocycles. The molecule has 1 nitrogen and oxygen atoms in total. The summed E-state index contributed by atoms with van der Waals surface area (Å²) in [5, 5.41) is 11.4. The van der Waals surface area contributed by atoms with E-state index in [-0.39, 0.29) is 10.8 Å². The van der Waals surface area contributed by atoms with Crippen molar-refractivity contribution in [2.75, 3.05) is 0 Å². The van der Waals surface area contributed by atoms with Crippen LogP contribution in [0.15, 0.2) is 48.5 Å². The molecule has 138 valence electrons. The highest BCUT2D eigenvalue weighted by Crippen LogP contribution is 2.53. The second-order valence-electron chi connectivity index (χ2n) is 9.07. The van der Waals surface area contributed by atoms with Crippen LogP contribution in [0, 0.1) is 0 Å². The molecular weight excluding hydrogens is 316 g/mol. The van der Waals surface area contributed by atoms with Gasteiger partial charge in [-0.05, 0) is 53.0 Å². The molecule has 1 atom stereocenters. The summed E-state index contributed by atoms with van der Waals surface area (Å²) in [7, 11) is 0. The average Bonchev–Trinajstić information content (AvgIpc) is 2.60. The number of fused-ring (bicyclic) bond motifs is 1. The van der Waals surface area contributed by atoms with E-state index >= 15 is 0 Å². The SMILES string of the molecule is CCC1(O)CC(C)(C)c2cc(C(C)=Cc3ccccc3)ccc2C1(C)C. The minimum atomic E-state index is -0.667. The van der Waals surface area contributed by atoms with Gasteiger partial charge < -0.3 is 5.11 Å². The van der Waals surface area contributed by atoms with Gasteiger partial charge >= 0.3 is 0 Å². The Kier molecular flexibility index (Phi) is 4.65. The predicted octanol–water partition coefficient (Wildman–Crippen LogP) is 6.35. The molecule has 0 saturated heterocycles. The van der Waals surface area contributed by atoms with Crippen molar-refractivity contribution in [3.8, 4) is 0 Å². The summed E-state index contributed by atoms with van der Waals surface area (Å²) in [5.41, 5.74) is 5.46. The van der Waals surface area contributed by atoms with Crippen LogP contribution in [-0.2, 0) is 10.8 Å². The molecule has 1 heteroatoms. The van der Waals surface area contributed by atoms with Gasteiger partial charge in [0.05, 0.1) is 5.60 Å². The van der Waals surface area contributed by atoms with Crippen molar-refractivity contribution in [1.82, 2.24) is 0 Å². The van der Waals surface area contributed by atoms with Crippen molar-refractivity contribution >= 4 is 11.6 Å². The molecule has 0 radical (unpaired) electrons. The lowest BCUT2D eigenvalue weighted by Gasteiger charge is -2.53. The fraction of sp³-hybridized carbons (Fsp3) is 0.440. The second-order valence-corrected chi connectivity index (χ2v) is 9.07. The Bertz CT molecular complexity index is 826. The van der Waals surface area contributed by atoms with Gasteiger partial charge in [-0.1, -0.05) is 89.2 Å². The van der Waals surface area contributed by atoms with Gasteiger partial charge in [0.15, 0.2) is 0 Å². The molecule has 1 aliphatic carbocycles. The lowest BCUT2D eigenvalue weighted by atomic mass is 9.54. The zero-order valence-corrected chi connectivity index (χ0v) is 17.1. The Labute approximate surface area is 158 Å². The van der Waals surface area contributed by atoms with Crippen molar-refractivity contribution in [2.24, 2.45) is 0 Å². The van der Waals surface area contributed by atoms with E-state index in [0.29, 0.717) is 0 Å². The van der Waals surface area contributed by atoms with Gasteiger partial charge in [-0.2, -0.15) is 0 Å². The Morgan fingerprint density at radius 1 is 1.00 bits per heavy atom. The van der Waals surface area contributed by atoms with E-state index in [1.54, 1.807) is 0 Å². The van der Waals surface area contributed by atoms with Crippen LogP contribution < -0.4 is 0 Å². The third kappa shape index (κ3) is 3.03. The quantitative estimate of drug-likeness (QED) is 0.641.